The van der Waals surface area contributed by atoms with E-state index in [0.29, 0.717) is 5.69 Å². The number of likely N-dealkylation sites (N-methyl/N-ethyl adjacent to an activating group) is 1. The normalized spacial score (nSPS) is 10.1. The first-order chi connectivity index (χ1) is 9.56. The smallest absolute Gasteiger partial charge is 0.243 e. The van der Waals surface area contributed by atoms with E-state index >= 15 is 0 Å². The molecule has 0 radical (unpaired) electrons. The lowest BCUT2D eigenvalue weighted by atomic mass is 10.2. The minimum atomic E-state index is -0.0816. The summed E-state index contributed by atoms with van der Waals surface area (Å²) in [7, 11) is 1.86. The number of anilines is 3. The number of benzene rings is 2. The molecule has 0 bridgehead atoms. The third-order valence-corrected chi connectivity index (χ3v) is 3.53. The lowest BCUT2D eigenvalue weighted by Gasteiger charge is -2.19. The van der Waals surface area contributed by atoms with Gasteiger partial charge in [-0.15, -0.1) is 0 Å². The van der Waals surface area contributed by atoms with E-state index in [9.17, 15) is 4.79 Å². The summed E-state index contributed by atoms with van der Waals surface area (Å²) in [5, 5.41) is 2.87. The summed E-state index contributed by atoms with van der Waals surface area (Å²) in [6.07, 6.45) is 0. The summed E-state index contributed by atoms with van der Waals surface area (Å²) < 4.78 is 0.861. The van der Waals surface area contributed by atoms with Crippen LogP contribution in [0.3, 0.4) is 0 Å². The number of nitrogens with zero attached hydrogens (tertiary/aromatic N) is 1. The highest BCUT2D eigenvalue weighted by Gasteiger charge is 2.09. The minimum Gasteiger partial charge on any atom is -0.399 e. The van der Waals surface area contributed by atoms with Crippen LogP contribution < -0.4 is 16.0 Å². The van der Waals surface area contributed by atoms with Gasteiger partial charge in [0.2, 0.25) is 5.91 Å². The average Bonchev–Trinajstić information content (AvgIpc) is 2.41. The maximum absolute atomic E-state index is 12.0. The Bertz CT molecular complexity index is 616. The molecule has 2 rings (SSSR count). The van der Waals surface area contributed by atoms with Crippen LogP contribution in [0.5, 0.6) is 0 Å². The largest absolute Gasteiger partial charge is 0.399 e. The minimum absolute atomic E-state index is 0.0816. The number of rotatable bonds is 4. The lowest BCUT2D eigenvalue weighted by molar-refractivity contribution is -0.114. The third-order valence-electron chi connectivity index (χ3n) is 2.84. The van der Waals surface area contributed by atoms with Crippen molar-refractivity contribution in [3.8, 4) is 0 Å². The molecule has 104 valence electrons. The predicted octanol–water partition coefficient (Wildman–Crippen LogP) is 3.11. The monoisotopic (exact) mass is 333 g/mol. The summed E-state index contributed by atoms with van der Waals surface area (Å²) in [4.78, 5) is 13.9. The highest BCUT2D eigenvalue weighted by molar-refractivity contribution is 9.10. The Morgan fingerprint density at radius 2 is 2.00 bits per heavy atom. The number of amides is 1. The van der Waals surface area contributed by atoms with Crippen LogP contribution >= 0.6 is 15.9 Å². The summed E-state index contributed by atoms with van der Waals surface area (Å²) in [6.45, 7) is 0.255. The second-order valence-electron chi connectivity index (χ2n) is 4.48. The number of hydrogen-bond acceptors (Lipinski definition) is 3. The standard InChI is InChI=1S/C15H16BrN3O/c1-19(12-6-4-5-11(17)9-12)10-15(20)18-14-8-3-2-7-13(14)16/h2-9H,10,17H2,1H3,(H,18,20). The van der Waals surface area contributed by atoms with E-state index in [1.54, 1.807) is 0 Å². The first-order valence-electron chi connectivity index (χ1n) is 6.17. The molecule has 20 heavy (non-hydrogen) atoms. The van der Waals surface area contributed by atoms with Crippen molar-refractivity contribution < 1.29 is 4.79 Å². The van der Waals surface area contributed by atoms with E-state index in [2.05, 4.69) is 21.2 Å². The Labute approximate surface area is 126 Å². The number of para-hydroxylation sites is 1. The van der Waals surface area contributed by atoms with Crippen molar-refractivity contribution >= 4 is 38.9 Å². The van der Waals surface area contributed by atoms with Crippen molar-refractivity contribution in [2.24, 2.45) is 0 Å². The van der Waals surface area contributed by atoms with Gasteiger partial charge in [-0.25, -0.2) is 0 Å². The number of nitrogens with one attached hydrogen (secondary N) is 1. The Morgan fingerprint density at radius 1 is 1.25 bits per heavy atom. The van der Waals surface area contributed by atoms with Crippen LogP contribution in [0.1, 0.15) is 0 Å². The molecule has 4 nitrogen and oxygen atoms in total. The van der Waals surface area contributed by atoms with Gasteiger partial charge in [0.05, 0.1) is 12.2 Å². The van der Waals surface area contributed by atoms with E-state index in [4.69, 9.17) is 5.73 Å². The molecule has 2 aromatic rings. The highest BCUT2D eigenvalue weighted by Crippen LogP contribution is 2.21. The van der Waals surface area contributed by atoms with Crippen molar-refractivity contribution in [3.05, 3.63) is 53.0 Å². The Balaban J connectivity index is 2.00. The zero-order valence-corrected chi connectivity index (χ0v) is 12.7. The Hall–Kier alpha value is -2.01. The molecule has 0 aliphatic carbocycles. The van der Waals surface area contributed by atoms with Crippen molar-refractivity contribution in [2.45, 2.75) is 0 Å². The maximum Gasteiger partial charge on any atom is 0.243 e. The first kappa shape index (κ1) is 14.4. The first-order valence-corrected chi connectivity index (χ1v) is 6.96. The van der Waals surface area contributed by atoms with Crippen LogP contribution in [-0.4, -0.2) is 19.5 Å². The van der Waals surface area contributed by atoms with Gasteiger partial charge in [-0.3, -0.25) is 4.79 Å². The average molecular weight is 334 g/mol. The molecule has 0 fully saturated rings. The number of halogens is 1. The number of nitrogens with two attached hydrogens (primary N) is 1. The Kier molecular flexibility index (Phi) is 4.63. The predicted molar refractivity (Wildman–Crippen MR) is 86.9 cm³/mol. The highest BCUT2D eigenvalue weighted by atomic mass is 79.9. The van der Waals surface area contributed by atoms with Crippen LogP contribution in [-0.2, 0) is 4.79 Å². The molecule has 2 aromatic carbocycles. The van der Waals surface area contributed by atoms with Crippen molar-refractivity contribution in [2.75, 3.05) is 29.5 Å². The second kappa shape index (κ2) is 6.43. The zero-order valence-electron chi connectivity index (χ0n) is 11.1. The van der Waals surface area contributed by atoms with Crippen molar-refractivity contribution in [1.82, 2.24) is 0 Å². The molecular formula is C15H16BrN3O. The van der Waals surface area contributed by atoms with Crippen LogP contribution in [0, 0.1) is 0 Å². The molecule has 0 aliphatic heterocycles. The third kappa shape index (κ3) is 3.74. The van der Waals surface area contributed by atoms with Crippen LogP contribution in [0.2, 0.25) is 0 Å². The van der Waals surface area contributed by atoms with Gasteiger partial charge in [0.1, 0.15) is 0 Å². The number of carbonyl (C=O) groups excluding carboxylic acids is 1. The van der Waals surface area contributed by atoms with Crippen LogP contribution in [0.15, 0.2) is 53.0 Å². The van der Waals surface area contributed by atoms with E-state index < -0.39 is 0 Å². The zero-order chi connectivity index (χ0) is 14.5. The molecule has 0 spiro atoms. The molecule has 0 saturated heterocycles. The second-order valence-corrected chi connectivity index (χ2v) is 5.33. The van der Waals surface area contributed by atoms with Gasteiger partial charge < -0.3 is 16.0 Å². The fraction of sp³-hybridized carbons (Fsp3) is 0.133. The van der Waals surface area contributed by atoms with Gasteiger partial charge >= 0.3 is 0 Å². The van der Waals surface area contributed by atoms with Gasteiger partial charge in [-0.05, 0) is 46.3 Å². The quantitative estimate of drug-likeness (QED) is 0.845. The molecule has 3 N–H and O–H groups in total. The van der Waals surface area contributed by atoms with E-state index in [1.165, 1.54) is 0 Å². The van der Waals surface area contributed by atoms with E-state index in [1.807, 2.05) is 60.5 Å². The SMILES string of the molecule is CN(CC(=O)Nc1ccccc1Br)c1cccc(N)c1. The number of carbonyl (C=O) groups is 1. The van der Waals surface area contributed by atoms with Gasteiger partial charge in [-0.1, -0.05) is 18.2 Å². The fourth-order valence-corrected chi connectivity index (χ4v) is 2.21. The molecule has 0 heterocycles. The van der Waals surface area contributed by atoms with Gasteiger partial charge in [-0.2, -0.15) is 0 Å². The van der Waals surface area contributed by atoms with Crippen LogP contribution in [0.25, 0.3) is 0 Å². The molecule has 0 aromatic heterocycles. The fourth-order valence-electron chi connectivity index (χ4n) is 1.82. The topological polar surface area (TPSA) is 58.4 Å². The molecule has 1 amide bonds. The van der Waals surface area contributed by atoms with E-state index in [-0.39, 0.29) is 12.5 Å². The summed E-state index contributed by atoms with van der Waals surface area (Å²) >= 11 is 3.40. The number of hydrogen-bond donors (Lipinski definition) is 2. The molecular weight excluding hydrogens is 318 g/mol. The van der Waals surface area contributed by atoms with Gasteiger partial charge in [0, 0.05) is 22.9 Å². The van der Waals surface area contributed by atoms with Gasteiger partial charge in [0.25, 0.3) is 0 Å². The summed E-state index contributed by atoms with van der Waals surface area (Å²) in [5.74, 6) is -0.0816. The summed E-state index contributed by atoms with van der Waals surface area (Å²) in [5.41, 5.74) is 8.09. The molecule has 0 unspecified atom stereocenters. The van der Waals surface area contributed by atoms with Crippen LogP contribution in [0.4, 0.5) is 17.1 Å². The number of nitrogen functional groups attached to an aromatic ring is 1. The lowest BCUT2D eigenvalue weighted by Crippen LogP contribution is -2.30. The van der Waals surface area contributed by atoms with Gasteiger partial charge in [0.15, 0.2) is 0 Å². The van der Waals surface area contributed by atoms with Crippen molar-refractivity contribution in [1.29, 1.82) is 0 Å². The van der Waals surface area contributed by atoms with Crippen molar-refractivity contribution in [3.63, 3.8) is 0 Å². The molecule has 0 saturated carbocycles. The summed E-state index contributed by atoms with van der Waals surface area (Å²) in [6, 6.07) is 15.0. The molecule has 0 atom stereocenters. The molecule has 0 aliphatic rings. The molecule has 5 heteroatoms. The maximum atomic E-state index is 12.0. The Morgan fingerprint density at radius 3 is 2.70 bits per heavy atom. The van der Waals surface area contributed by atoms with E-state index in [0.717, 1.165) is 15.8 Å².